The molecule has 0 atom stereocenters. The maximum Gasteiger partial charge on any atom is 0.422 e. The lowest BCUT2D eigenvalue weighted by Gasteiger charge is -2.34. The topological polar surface area (TPSA) is 117 Å². The Hall–Kier alpha value is -2.69. The van der Waals surface area contributed by atoms with Gasteiger partial charge in [0.25, 0.3) is 11.6 Å². The van der Waals surface area contributed by atoms with E-state index in [1.807, 2.05) is 0 Å². The van der Waals surface area contributed by atoms with Gasteiger partial charge in [-0.1, -0.05) is 5.16 Å². The molecular weight excluding hydrogens is 345 g/mol. The van der Waals surface area contributed by atoms with Crippen LogP contribution >= 0.6 is 0 Å². The van der Waals surface area contributed by atoms with E-state index in [4.69, 9.17) is 10.3 Å². The second kappa shape index (κ2) is 5.99. The number of benzene rings is 1. The number of nitrogens with two attached hydrogens (primary N) is 1. The van der Waals surface area contributed by atoms with Gasteiger partial charge in [0.1, 0.15) is 11.3 Å². The third kappa shape index (κ3) is 3.55. The van der Waals surface area contributed by atoms with E-state index in [0.717, 1.165) is 24.6 Å². The number of alkyl halides is 3. The highest BCUT2D eigenvalue weighted by Gasteiger charge is 2.39. The quantitative estimate of drug-likeness (QED) is 0.645. The summed E-state index contributed by atoms with van der Waals surface area (Å²) in [5.74, 6) is -0.190. The predicted octanol–water partition coefficient (Wildman–Crippen LogP) is 2.92. The Bertz CT molecular complexity index is 802. The molecule has 1 saturated carbocycles. The normalized spacial score (nSPS) is 16.3. The Labute approximate surface area is 138 Å². The van der Waals surface area contributed by atoms with Crippen LogP contribution in [0.5, 0.6) is 5.75 Å². The van der Waals surface area contributed by atoms with Crippen molar-refractivity contribution in [3.8, 4) is 17.2 Å². The number of nitrogens with zero attached hydrogens (tertiary/aromatic N) is 3. The van der Waals surface area contributed by atoms with Crippen LogP contribution in [0.15, 0.2) is 22.7 Å². The molecule has 0 aliphatic heterocycles. The Morgan fingerprint density at radius 2 is 2.12 bits per heavy atom. The van der Waals surface area contributed by atoms with Crippen LogP contribution in [0.25, 0.3) is 11.5 Å². The van der Waals surface area contributed by atoms with E-state index in [-0.39, 0.29) is 23.0 Å². The van der Waals surface area contributed by atoms with Gasteiger partial charge in [-0.15, -0.1) is 0 Å². The number of halogens is 3. The van der Waals surface area contributed by atoms with Crippen molar-refractivity contribution in [1.29, 1.82) is 0 Å². The highest BCUT2D eigenvalue weighted by Crippen LogP contribution is 2.39. The van der Waals surface area contributed by atoms with Gasteiger partial charge in [-0.05, 0) is 31.4 Å². The molecule has 2 aromatic rings. The number of nitro benzene ring substituents is 1. The summed E-state index contributed by atoms with van der Waals surface area (Å²) in [6.45, 7) is -1.52. The van der Waals surface area contributed by atoms with Crippen LogP contribution in [0.2, 0.25) is 0 Å². The van der Waals surface area contributed by atoms with Crippen molar-refractivity contribution in [2.75, 3.05) is 6.61 Å². The largest absolute Gasteiger partial charge is 0.484 e. The van der Waals surface area contributed by atoms with Gasteiger partial charge in [0.05, 0.1) is 10.5 Å². The van der Waals surface area contributed by atoms with E-state index >= 15 is 0 Å². The molecule has 1 aliphatic carbocycles. The number of hydrogen-bond donors (Lipinski definition) is 1. The number of aromatic nitrogens is 2. The van der Waals surface area contributed by atoms with Gasteiger partial charge in [0.2, 0.25) is 0 Å². The average molecular weight is 358 g/mol. The van der Waals surface area contributed by atoms with Gasteiger partial charge in [0.15, 0.2) is 12.4 Å². The molecule has 0 saturated heterocycles. The fourth-order valence-corrected chi connectivity index (χ4v) is 2.42. The number of nitro groups is 1. The minimum absolute atomic E-state index is 0.133. The van der Waals surface area contributed by atoms with Crippen LogP contribution in [-0.2, 0) is 5.54 Å². The van der Waals surface area contributed by atoms with Gasteiger partial charge in [-0.2, -0.15) is 18.2 Å². The summed E-state index contributed by atoms with van der Waals surface area (Å²) >= 11 is 0. The zero-order chi connectivity index (χ0) is 18.2. The van der Waals surface area contributed by atoms with Crippen molar-refractivity contribution >= 4 is 5.69 Å². The third-order valence-corrected chi connectivity index (χ3v) is 3.91. The number of ether oxygens (including phenoxy) is 1. The van der Waals surface area contributed by atoms with Crippen LogP contribution in [0.1, 0.15) is 25.1 Å². The molecule has 0 spiro atoms. The first kappa shape index (κ1) is 17.1. The lowest BCUT2D eigenvalue weighted by molar-refractivity contribution is -0.384. The monoisotopic (exact) mass is 358 g/mol. The standard InChI is InChI=1S/C14H13F3N4O4/c15-14(16,17)7-24-8-2-3-10(21(22)23)9(6-8)11-19-12(20-25-11)13(18)4-1-5-13/h2-3,6H,1,4-5,7,18H2. The zero-order valence-electron chi connectivity index (χ0n) is 12.7. The molecule has 134 valence electrons. The van der Waals surface area contributed by atoms with E-state index in [2.05, 4.69) is 14.9 Å². The molecule has 1 aliphatic rings. The molecule has 0 radical (unpaired) electrons. The van der Waals surface area contributed by atoms with Crippen molar-refractivity contribution in [2.24, 2.45) is 5.73 Å². The van der Waals surface area contributed by atoms with Gasteiger partial charge >= 0.3 is 6.18 Å². The molecule has 11 heteroatoms. The molecular formula is C14H13F3N4O4. The van der Waals surface area contributed by atoms with Crippen LogP contribution in [-0.4, -0.2) is 27.8 Å². The lowest BCUT2D eigenvalue weighted by Crippen LogP contribution is -2.44. The van der Waals surface area contributed by atoms with Crippen LogP contribution in [0.4, 0.5) is 18.9 Å². The van der Waals surface area contributed by atoms with Crippen molar-refractivity contribution in [3.05, 3.63) is 34.1 Å². The van der Waals surface area contributed by atoms with Gasteiger partial charge in [0, 0.05) is 6.07 Å². The maximum atomic E-state index is 12.3. The van der Waals surface area contributed by atoms with Crippen LogP contribution in [0.3, 0.4) is 0 Å². The highest BCUT2D eigenvalue weighted by molar-refractivity contribution is 5.68. The highest BCUT2D eigenvalue weighted by atomic mass is 19.4. The lowest BCUT2D eigenvalue weighted by atomic mass is 9.77. The fourth-order valence-electron chi connectivity index (χ4n) is 2.42. The molecule has 25 heavy (non-hydrogen) atoms. The van der Waals surface area contributed by atoms with Gasteiger partial charge in [-0.3, -0.25) is 10.1 Å². The summed E-state index contributed by atoms with van der Waals surface area (Å²) in [5.41, 5.74) is 4.81. The smallest absolute Gasteiger partial charge is 0.422 e. The van der Waals surface area contributed by atoms with E-state index in [1.165, 1.54) is 0 Å². The molecule has 8 nitrogen and oxygen atoms in total. The van der Waals surface area contributed by atoms with E-state index in [0.29, 0.717) is 12.8 Å². The van der Waals surface area contributed by atoms with Crippen molar-refractivity contribution in [1.82, 2.24) is 10.1 Å². The Morgan fingerprint density at radius 3 is 2.68 bits per heavy atom. The van der Waals surface area contributed by atoms with Gasteiger partial charge in [-0.25, -0.2) is 0 Å². The fraction of sp³-hybridized carbons (Fsp3) is 0.429. The molecule has 2 N–H and O–H groups in total. The minimum atomic E-state index is -4.53. The molecule has 0 bridgehead atoms. The number of hydrogen-bond acceptors (Lipinski definition) is 7. The molecule has 0 unspecified atom stereocenters. The maximum absolute atomic E-state index is 12.3. The SMILES string of the molecule is NC1(c2noc(-c3cc(OCC(F)(F)F)ccc3[N+](=O)[O-])n2)CCC1. The molecule has 0 amide bonds. The summed E-state index contributed by atoms with van der Waals surface area (Å²) in [4.78, 5) is 14.5. The molecule has 1 heterocycles. The van der Waals surface area contributed by atoms with Crippen LogP contribution in [0, 0.1) is 10.1 Å². The van der Waals surface area contributed by atoms with Crippen molar-refractivity contribution < 1.29 is 27.4 Å². The van der Waals surface area contributed by atoms with E-state index < -0.39 is 28.9 Å². The average Bonchev–Trinajstić information content (AvgIpc) is 2.99. The third-order valence-electron chi connectivity index (χ3n) is 3.91. The van der Waals surface area contributed by atoms with Crippen LogP contribution < -0.4 is 10.5 Å². The second-order valence-electron chi connectivity index (χ2n) is 5.77. The first-order valence-corrected chi connectivity index (χ1v) is 7.29. The summed E-state index contributed by atoms with van der Waals surface area (Å²) in [5, 5.41) is 14.9. The van der Waals surface area contributed by atoms with Crippen molar-refractivity contribution in [3.63, 3.8) is 0 Å². The summed E-state index contributed by atoms with van der Waals surface area (Å²) < 4.78 is 46.4. The van der Waals surface area contributed by atoms with Gasteiger partial charge < -0.3 is 15.0 Å². The zero-order valence-corrected chi connectivity index (χ0v) is 12.7. The Morgan fingerprint density at radius 1 is 1.40 bits per heavy atom. The number of rotatable bonds is 5. The minimum Gasteiger partial charge on any atom is -0.484 e. The molecule has 1 fully saturated rings. The Kier molecular flexibility index (Phi) is 4.11. The second-order valence-corrected chi connectivity index (χ2v) is 5.77. The van der Waals surface area contributed by atoms with E-state index in [9.17, 15) is 23.3 Å². The first-order chi connectivity index (χ1) is 11.7. The summed E-state index contributed by atoms with van der Waals surface area (Å²) in [6.07, 6.45) is -2.32. The molecule has 1 aromatic carbocycles. The van der Waals surface area contributed by atoms with Crippen molar-refractivity contribution in [2.45, 2.75) is 31.0 Å². The summed E-state index contributed by atoms with van der Waals surface area (Å²) in [7, 11) is 0. The molecule has 1 aromatic heterocycles. The van der Waals surface area contributed by atoms with E-state index in [1.54, 1.807) is 0 Å². The Balaban J connectivity index is 1.94. The predicted molar refractivity (Wildman–Crippen MR) is 77.7 cm³/mol. The first-order valence-electron chi connectivity index (χ1n) is 7.29. The molecule has 3 rings (SSSR count). The summed E-state index contributed by atoms with van der Waals surface area (Å²) in [6, 6.07) is 3.15.